The van der Waals surface area contributed by atoms with Crippen molar-refractivity contribution < 1.29 is 9.47 Å². The van der Waals surface area contributed by atoms with E-state index in [1.54, 1.807) is 0 Å². The Morgan fingerprint density at radius 3 is 2.50 bits per heavy atom. The van der Waals surface area contributed by atoms with E-state index in [9.17, 15) is 0 Å². The van der Waals surface area contributed by atoms with Crippen LogP contribution in [-0.2, 0) is 9.47 Å². The van der Waals surface area contributed by atoms with Crippen molar-refractivity contribution in [2.24, 2.45) is 0 Å². The van der Waals surface area contributed by atoms with E-state index in [4.69, 9.17) is 9.47 Å². The lowest BCUT2D eigenvalue weighted by Gasteiger charge is -2.02. The fraction of sp³-hybridized carbons (Fsp3) is 0.875. The molecule has 10 heavy (non-hydrogen) atoms. The number of unbranched alkanes of at least 4 members (excludes halogenated alkanes) is 1. The van der Waals surface area contributed by atoms with Gasteiger partial charge in [-0.3, -0.25) is 0 Å². The third-order valence-corrected chi connectivity index (χ3v) is 1.05. The molecule has 2 nitrogen and oxygen atoms in total. The Morgan fingerprint density at radius 2 is 1.90 bits per heavy atom. The van der Waals surface area contributed by atoms with Gasteiger partial charge >= 0.3 is 0 Å². The third kappa shape index (κ3) is 7.92. The summed E-state index contributed by atoms with van der Waals surface area (Å²) in [5.74, 6) is 0. The summed E-state index contributed by atoms with van der Waals surface area (Å²) >= 11 is 0. The highest BCUT2D eigenvalue weighted by molar-refractivity contribution is 4.37. The monoisotopic (exact) mass is 145 g/mol. The van der Waals surface area contributed by atoms with Crippen LogP contribution in [0.25, 0.3) is 0 Å². The lowest BCUT2D eigenvalue weighted by atomic mass is 10.4. The van der Waals surface area contributed by atoms with Gasteiger partial charge in [0.05, 0.1) is 0 Å². The smallest absolute Gasteiger partial charge is 0.146 e. The Balaban J connectivity index is 2.65. The molecule has 0 amide bonds. The molecule has 0 saturated heterocycles. The van der Waals surface area contributed by atoms with Crippen LogP contribution in [0.4, 0.5) is 0 Å². The highest BCUT2D eigenvalue weighted by Crippen LogP contribution is 1.88. The molecule has 0 atom stereocenters. The summed E-state index contributed by atoms with van der Waals surface area (Å²) in [5.41, 5.74) is 0. The first-order chi connectivity index (χ1) is 4.91. The van der Waals surface area contributed by atoms with Crippen molar-refractivity contribution in [2.75, 3.05) is 20.0 Å². The van der Waals surface area contributed by atoms with Gasteiger partial charge in [0.15, 0.2) is 0 Å². The second kappa shape index (κ2) is 8.92. The second-order valence-electron chi connectivity index (χ2n) is 2.14. The summed E-state index contributed by atoms with van der Waals surface area (Å²) in [4.78, 5) is 0. The normalized spacial score (nSPS) is 10.2. The van der Waals surface area contributed by atoms with Gasteiger partial charge in [-0.15, -0.1) is 0 Å². The number of rotatable bonds is 7. The summed E-state index contributed by atoms with van der Waals surface area (Å²) < 4.78 is 10.2. The zero-order valence-electron chi connectivity index (χ0n) is 6.77. The van der Waals surface area contributed by atoms with Crippen LogP contribution in [0.15, 0.2) is 0 Å². The number of ether oxygens (including phenoxy) is 2. The summed E-state index contributed by atoms with van der Waals surface area (Å²) in [6, 6.07) is 0. The quantitative estimate of drug-likeness (QED) is 0.403. The van der Waals surface area contributed by atoms with Crippen LogP contribution >= 0.6 is 0 Å². The van der Waals surface area contributed by atoms with Crippen molar-refractivity contribution in [2.45, 2.75) is 26.2 Å². The average molecular weight is 145 g/mol. The Morgan fingerprint density at radius 1 is 1.20 bits per heavy atom. The predicted octanol–water partition coefficient (Wildman–Crippen LogP) is 2.00. The van der Waals surface area contributed by atoms with Crippen molar-refractivity contribution in [1.82, 2.24) is 0 Å². The molecule has 0 rings (SSSR count). The molecule has 0 aliphatic heterocycles. The van der Waals surface area contributed by atoms with Gasteiger partial charge in [-0.2, -0.15) is 0 Å². The SMILES string of the molecule is [CH2]CCCOCOCCC. The van der Waals surface area contributed by atoms with Gasteiger partial charge < -0.3 is 9.47 Å². The van der Waals surface area contributed by atoms with Crippen LogP contribution in [0.1, 0.15) is 26.2 Å². The van der Waals surface area contributed by atoms with E-state index in [0.717, 1.165) is 32.5 Å². The maximum atomic E-state index is 5.11. The summed E-state index contributed by atoms with van der Waals surface area (Å²) in [6.45, 7) is 7.78. The van der Waals surface area contributed by atoms with Gasteiger partial charge in [0.1, 0.15) is 6.79 Å². The second-order valence-corrected chi connectivity index (χ2v) is 2.14. The summed E-state index contributed by atoms with van der Waals surface area (Å²) in [5, 5.41) is 0. The Hall–Kier alpha value is -0.0800. The van der Waals surface area contributed by atoms with Gasteiger partial charge in [-0.1, -0.05) is 20.3 Å². The van der Waals surface area contributed by atoms with Crippen LogP contribution in [-0.4, -0.2) is 20.0 Å². The van der Waals surface area contributed by atoms with E-state index in [1.165, 1.54) is 0 Å². The Kier molecular flexibility index (Phi) is 8.85. The Labute approximate surface area is 63.5 Å². The van der Waals surface area contributed by atoms with Crippen molar-refractivity contribution in [3.8, 4) is 0 Å². The van der Waals surface area contributed by atoms with Gasteiger partial charge in [0.25, 0.3) is 0 Å². The lowest BCUT2D eigenvalue weighted by Crippen LogP contribution is -2.01. The molecule has 0 aromatic rings. The predicted molar refractivity (Wildman–Crippen MR) is 41.7 cm³/mol. The molecule has 0 N–H and O–H groups in total. The fourth-order valence-corrected chi connectivity index (χ4v) is 0.525. The molecule has 0 fully saturated rings. The molecule has 0 aromatic heterocycles. The zero-order valence-corrected chi connectivity index (χ0v) is 6.77. The largest absolute Gasteiger partial charge is 0.355 e. The third-order valence-electron chi connectivity index (χ3n) is 1.05. The van der Waals surface area contributed by atoms with E-state index < -0.39 is 0 Å². The van der Waals surface area contributed by atoms with Gasteiger partial charge in [-0.05, 0) is 12.8 Å². The molecule has 61 valence electrons. The van der Waals surface area contributed by atoms with E-state index in [0.29, 0.717) is 6.79 Å². The van der Waals surface area contributed by atoms with Gasteiger partial charge in [-0.25, -0.2) is 0 Å². The van der Waals surface area contributed by atoms with E-state index in [2.05, 4.69) is 13.8 Å². The van der Waals surface area contributed by atoms with Crippen molar-refractivity contribution in [1.29, 1.82) is 0 Å². The zero-order chi connectivity index (χ0) is 7.66. The molecule has 0 bridgehead atoms. The molecular weight excluding hydrogens is 128 g/mol. The topological polar surface area (TPSA) is 18.5 Å². The first-order valence-corrected chi connectivity index (χ1v) is 3.86. The highest BCUT2D eigenvalue weighted by Gasteiger charge is 1.85. The molecule has 0 heterocycles. The van der Waals surface area contributed by atoms with Crippen LogP contribution in [0, 0.1) is 6.92 Å². The first-order valence-electron chi connectivity index (χ1n) is 3.86. The summed E-state index contributed by atoms with van der Waals surface area (Å²) in [6.07, 6.45) is 3.02. The van der Waals surface area contributed by atoms with Gasteiger partial charge in [0.2, 0.25) is 0 Å². The van der Waals surface area contributed by atoms with E-state index >= 15 is 0 Å². The number of hydrogen-bond donors (Lipinski definition) is 0. The number of hydrogen-bond acceptors (Lipinski definition) is 2. The van der Waals surface area contributed by atoms with Crippen LogP contribution in [0.2, 0.25) is 0 Å². The summed E-state index contributed by atoms with van der Waals surface area (Å²) in [7, 11) is 0. The molecule has 2 heteroatoms. The first kappa shape index (κ1) is 9.92. The van der Waals surface area contributed by atoms with E-state index in [-0.39, 0.29) is 0 Å². The molecule has 0 unspecified atom stereocenters. The van der Waals surface area contributed by atoms with Crippen LogP contribution < -0.4 is 0 Å². The minimum Gasteiger partial charge on any atom is -0.355 e. The minimum absolute atomic E-state index is 0.438. The van der Waals surface area contributed by atoms with Crippen molar-refractivity contribution >= 4 is 0 Å². The molecule has 0 aliphatic carbocycles. The maximum absolute atomic E-state index is 5.11. The minimum atomic E-state index is 0.438. The van der Waals surface area contributed by atoms with Crippen molar-refractivity contribution in [3.05, 3.63) is 6.92 Å². The van der Waals surface area contributed by atoms with Gasteiger partial charge in [0, 0.05) is 13.2 Å². The molecule has 0 spiro atoms. The van der Waals surface area contributed by atoms with Crippen LogP contribution in [0.3, 0.4) is 0 Å². The van der Waals surface area contributed by atoms with E-state index in [1.807, 2.05) is 0 Å². The molecule has 0 aliphatic rings. The van der Waals surface area contributed by atoms with Crippen molar-refractivity contribution in [3.63, 3.8) is 0 Å². The lowest BCUT2D eigenvalue weighted by molar-refractivity contribution is -0.0538. The maximum Gasteiger partial charge on any atom is 0.146 e. The fourth-order valence-electron chi connectivity index (χ4n) is 0.525. The van der Waals surface area contributed by atoms with Crippen LogP contribution in [0.5, 0.6) is 0 Å². The standard InChI is InChI=1S/C8H17O2/c1-3-5-7-10-8-9-6-4-2/h1,3-8H2,2H3. The molecule has 1 radical (unpaired) electrons. The highest BCUT2D eigenvalue weighted by atomic mass is 16.7. The molecular formula is C8H17O2. The Bertz CT molecular complexity index is 47.2. The molecule has 0 saturated carbocycles. The molecule has 0 aromatic carbocycles. The average Bonchev–Trinajstić information content (AvgIpc) is 1.97.